The molecule has 1 heterocycles. The van der Waals surface area contributed by atoms with Crippen molar-refractivity contribution in [1.82, 2.24) is 0 Å². The molecular formula is C23H32O5. The highest BCUT2D eigenvalue weighted by Gasteiger charge is 2.66. The lowest BCUT2D eigenvalue weighted by atomic mass is 9.43. The third-order valence-corrected chi connectivity index (χ3v) is 8.62. The maximum Gasteiger partial charge on any atom is 0.154 e. The number of aldehydes is 1. The molecule has 1 aromatic carbocycles. The predicted octanol–water partition coefficient (Wildman–Crippen LogP) is 3.60. The van der Waals surface area contributed by atoms with Gasteiger partial charge in [0.1, 0.15) is 17.1 Å². The molecule has 5 atom stereocenters. The molecule has 5 nitrogen and oxygen atoms in total. The van der Waals surface area contributed by atoms with Crippen molar-refractivity contribution in [2.24, 2.45) is 22.7 Å². The smallest absolute Gasteiger partial charge is 0.154 e. The fourth-order valence-corrected chi connectivity index (χ4v) is 6.81. The number of hydrogen-bond donors (Lipinski definition) is 3. The number of phenols is 1. The molecule has 1 aliphatic heterocycles. The van der Waals surface area contributed by atoms with Crippen LogP contribution in [0, 0.1) is 22.7 Å². The Morgan fingerprint density at radius 2 is 1.96 bits per heavy atom. The minimum absolute atomic E-state index is 0.0542. The lowest BCUT2D eigenvalue weighted by Crippen LogP contribution is -2.66. The van der Waals surface area contributed by atoms with E-state index in [1.54, 1.807) is 6.07 Å². The van der Waals surface area contributed by atoms with Gasteiger partial charge in [-0.3, -0.25) is 4.79 Å². The van der Waals surface area contributed by atoms with Crippen LogP contribution in [-0.2, 0) is 13.0 Å². The summed E-state index contributed by atoms with van der Waals surface area (Å²) in [4.78, 5) is 11.5. The number of hydrogen-bond acceptors (Lipinski definition) is 5. The Morgan fingerprint density at radius 1 is 1.25 bits per heavy atom. The van der Waals surface area contributed by atoms with E-state index >= 15 is 0 Å². The van der Waals surface area contributed by atoms with Gasteiger partial charge < -0.3 is 20.1 Å². The molecule has 3 aliphatic rings. The molecule has 28 heavy (non-hydrogen) atoms. The molecule has 0 bridgehead atoms. The molecule has 1 aromatic rings. The number of carbonyl (C=O) groups excluding carboxylic acids is 1. The van der Waals surface area contributed by atoms with E-state index in [2.05, 4.69) is 27.7 Å². The quantitative estimate of drug-likeness (QED) is 0.674. The molecule has 0 saturated heterocycles. The molecular weight excluding hydrogens is 356 g/mol. The van der Waals surface area contributed by atoms with E-state index in [1.807, 2.05) is 0 Å². The molecule has 0 radical (unpaired) electrons. The summed E-state index contributed by atoms with van der Waals surface area (Å²) in [6.45, 7) is 8.52. The summed E-state index contributed by atoms with van der Waals surface area (Å²) >= 11 is 0. The molecule has 4 rings (SSSR count). The van der Waals surface area contributed by atoms with Gasteiger partial charge in [-0.2, -0.15) is 0 Å². The normalized spacial score (nSPS) is 38.6. The van der Waals surface area contributed by atoms with Gasteiger partial charge in [0.2, 0.25) is 0 Å². The largest absolute Gasteiger partial charge is 0.507 e. The third kappa shape index (κ3) is 2.29. The van der Waals surface area contributed by atoms with Gasteiger partial charge in [0.15, 0.2) is 6.29 Å². The first-order valence-corrected chi connectivity index (χ1v) is 10.4. The summed E-state index contributed by atoms with van der Waals surface area (Å²) in [7, 11) is 0. The van der Waals surface area contributed by atoms with Crippen LogP contribution in [0.25, 0.3) is 0 Å². The summed E-state index contributed by atoms with van der Waals surface area (Å²) < 4.78 is 6.70. The number of rotatable bonds is 2. The number of carbonyl (C=O) groups is 1. The maximum atomic E-state index is 11.5. The third-order valence-electron chi connectivity index (χ3n) is 8.62. The van der Waals surface area contributed by atoms with Crippen LogP contribution in [0.5, 0.6) is 11.5 Å². The zero-order chi connectivity index (χ0) is 20.5. The van der Waals surface area contributed by atoms with Crippen molar-refractivity contribution in [3.63, 3.8) is 0 Å². The van der Waals surface area contributed by atoms with E-state index in [4.69, 9.17) is 4.74 Å². The first-order chi connectivity index (χ1) is 13.1. The van der Waals surface area contributed by atoms with Crippen LogP contribution in [0.1, 0.15) is 74.9 Å². The Hall–Kier alpha value is -1.59. The Labute approximate surface area is 166 Å². The van der Waals surface area contributed by atoms with Crippen LogP contribution in [0.4, 0.5) is 0 Å². The SMILES string of the molecule is CC1CCC2C(C)(C)C(O)CCC2(C)C12Cc1c(cc(CO)c(C=O)c1O)O2. The molecule has 2 saturated carbocycles. The Kier molecular flexibility index (Phi) is 4.37. The van der Waals surface area contributed by atoms with Crippen molar-refractivity contribution < 1.29 is 24.9 Å². The number of fused-ring (bicyclic) bond motifs is 3. The van der Waals surface area contributed by atoms with Crippen LogP contribution in [0.3, 0.4) is 0 Å². The zero-order valence-electron chi connectivity index (χ0n) is 17.3. The van der Waals surface area contributed by atoms with Gasteiger partial charge in [-0.05, 0) is 54.6 Å². The highest BCUT2D eigenvalue weighted by Crippen LogP contribution is 2.66. The molecule has 5 heteroatoms. The second-order valence-corrected chi connectivity index (χ2v) is 10.0. The minimum Gasteiger partial charge on any atom is -0.507 e. The van der Waals surface area contributed by atoms with Crippen LogP contribution < -0.4 is 4.74 Å². The molecule has 1 spiro atoms. The maximum absolute atomic E-state index is 11.5. The van der Waals surface area contributed by atoms with Crippen LogP contribution >= 0.6 is 0 Å². The fourth-order valence-electron chi connectivity index (χ4n) is 6.81. The van der Waals surface area contributed by atoms with Crippen LogP contribution in [0.15, 0.2) is 6.07 Å². The van der Waals surface area contributed by atoms with E-state index in [9.17, 15) is 20.1 Å². The number of benzene rings is 1. The van der Waals surface area contributed by atoms with Gasteiger partial charge in [0.25, 0.3) is 0 Å². The molecule has 2 aliphatic carbocycles. The monoisotopic (exact) mass is 388 g/mol. The van der Waals surface area contributed by atoms with E-state index in [0.717, 1.165) is 25.7 Å². The van der Waals surface area contributed by atoms with Crippen LogP contribution in [0.2, 0.25) is 0 Å². The van der Waals surface area contributed by atoms with Crippen molar-refractivity contribution in [3.05, 3.63) is 22.8 Å². The number of aliphatic hydroxyl groups excluding tert-OH is 2. The van der Waals surface area contributed by atoms with Gasteiger partial charge in [0, 0.05) is 17.4 Å². The number of phenolic OH excluding ortho intramolecular Hbond substituents is 1. The molecule has 0 aromatic heterocycles. The fraction of sp³-hybridized carbons (Fsp3) is 0.696. The zero-order valence-corrected chi connectivity index (χ0v) is 17.3. The first kappa shape index (κ1) is 19.7. The average molecular weight is 389 g/mol. The molecule has 0 amide bonds. The number of aromatic hydroxyl groups is 1. The first-order valence-electron chi connectivity index (χ1n) is 10.4. The van der Waals surface area contributed by atoms with E-state index < -0.39 is 5.60 Å². The summed E-state index contributed by atoms with van der Waals surface area (Å²) in [5.74, 6) is 1.12. The highest BCUT2D eigenvalue weighted by atomic mass is 16.5. The van der Waals surface area contributed by atoms with Crippen molar-refractivity contribution in [2.75, 3.05) is 0 Å². The van der Waals surface area contributed by atoms with E-state index in [1.165, 1.54) is 0 Å². The average Bonchev–Trinajstić information content (AvgIpc) is 3.05. The molecule has 154 valence electrons. The number of aliphatic hydroxyl groups is 2. The van der Waals surface area contributed by atoms with Crippen LogP contribution in [-0.4, -0.2) is 33.3 Å². The number of ether oxygens (including phenoxy) is 1. The summed E-state index contributed by atoms with van der Waals surface area (Å²) in [6.07, 6.45) is 4.50. The molecule has 3 N–H and O–H groups in total. The standard InChI is InChI=1S/C23H32O5/c1-13-5-6-18-21(2,3)19(26)7-8-22(18,4)23(13)10-15-17(28-23)9-14(11-24)16(12-25)20(15)27/h9,12-13,18-19,24,26-27H,5-8,10-11H2,1-4H3. The van der Waals surface area contributed by atoms with E-state index in [-0.39, 0.29) is 40.8 Å². The molecule has 5 unspecified atom stereocenters. The lowest BCUT2D eigenvalue weighted by molar-refractivity contribution is -0.210. The highest BCUT2D eigenvalue weighted by molar-refractivity contribution is 5.84. The Balaban J connectivity index is 1.84. The lowest BCUT2D eigenvalue weighted by Gasteiger charge is -2.64. The Bertz CT molecular complexity index is 816. The van der Waals surface area contributed by atoms with Crippen molar-refractivity contribution >= 4 is 6.29 Å². The second kappa shape index (κ2) is 6.20. The van der Waals surface area contributed by atoms with E-state index in [0.29, 0.717) is 35.5 Å². The van der Waals surface area contributed by atoms with Gasteiger partial charge >= 0.3 is 0 Å². The second-order valence-electron chi connectivity index (χ2n) is 10.0. The van der Waals surface area contributed by atoms with Gasteiger partial charge in [-0.1, -0.05) is 27.7 Å². The Morgan fingerprint density at radius 3 is 2.61 bits per heavy atom. The van der Waals surface area contributed by atoms with Gasteiger partial charge in [-0.25, -0.2) is 0 Å². The summed E-state index contributed by atoms with van der Waals surface area (Å²) in [5.41, 5.74) is 0.391. The van der Waals surface area contributed by atoms with Crippen molar-refractivity contribution in [1.29, 1.82) is 0 Å². The molecule has 2 fully saturated rings. The van der Waals surface area contributed by atoms with Gasteiger partial charge in [-0.15, -0.1) is 0 Å². The topological polar surface area (TPSA) is 87.0 Å². The minimum atomic E-state index is -0.485. The van der Waals surface area contributed by atoms with Crippen molar-refractivity contribution in [3.8, 4) is 11.5 Å². The van der Waals surface area contributed by atoms with Crippen molar-refractivity contribution in [2.45, 2.75) is 78.1 Å². The van der Waals surface area contributed by atoms with Gasteiger partial charge in [0.05, 0.1) is 18.3 Å². The summed E-state index contributed by atoms with van der Waals surface area (Å²) in [6, 6.07) is 1.72. The summed E-state index contributed by atoms with van der Waals surface area (Å²) in [5, 5.41) is 31.1. The predicted molar refractivity (Wildman–Crippen MR) is 105 cm³/mol.